The molecule has 1 unspecified atom stereocenters. The first-order chi connectivity index (χ1) is 9.19. The van der Waals surface area contributed by atoms with Gasteiger partial charge in [-0.25, -0.2) is 4.39 Å². The highest BCUT2D eigenvalue weighted by Crippen LogP contribution is 2.21. The van der Waals surface area contributed by atoms with Gasteiger partial charge in [-0.1, -0.05) is 43.3 Å². The number of halogens is 1. The summed E-state index contributed by atoms with van der Waals surface area (Å²) in [5, 5.41) is 0. The van der Waals surface area contributed by atoms with Gasteiger partial charge in [0.05, 0.1) is 7.11 Å². The van der Waals surface area contributed by atoms with E-state index in [2.05, 4.69) is 25.1 Å². The van der Waals surface area contributed by atoms with Crippen LogP contribution in [0.15, 0.2) is 54.6 Å². The fraction of sp³-hybridized carbons (Fsp3) is 0.176. The second-order valence-electron chi connectivity index (χ2n) is 4.47. The van der Waals surface area contributed by atoms with Crippen LogP contribution in [-0.4, -0.2) is 7.11 Å². The van der Waals surface area contributed by atoms with Crippen molar-refractivity contribution in [1.82, 2.24) is 0 Å². The molecule has 0 bridgehead atoms. The molecule has 0 aliphatic carbocycles. The Morgan fingerprint density at radius 3 is 2.21 bits per heavy atom. The minimum Gasteiger partial charge on any atom is -0.497 e. The summed E-state index contributed by atoms with van der Waals surface area (Å²) in [6, 6.07) is 14.5. The minimum absolute atomic E-state index is 0.208. The van der Waals surface area contributed by atoms with Gasteiger partial charge >= 0.3 is 0 Å². The first kappa shape index (κ1) is 13.3. The lowest BCUT2D eigenvalue weighted by Crippen LogP contribution is -1.89. The summed E-state index contributed by atoms with van der Waals surface area (Å²) in [6.45, 7) is 2.13. The molecule has 0 fully saturated rings. The quantitative estimate of drug-likeness (QED) is 0.773. The van der Waals surface area contributed by atoms with E-state index in [0.29, 0.717) is 5.92 Å². The number of ether oxygens (including phenoxy) is 1. The summed E-state index contributed by atoms with van der Waals surface area (Å²) < 4.78 is 17.9. The van der Waals surface area contributed by atoms with Crippen molar-refractivity contribution in [3.05, 3.63) is 71.6 Å². The summed E-state index contributed by atoms with van der Waals surface area (Å²) in [6.07, 6.45) is 4.11. The maximum Gasteiger partial charge on any atom is 0.123 e. The largest absolute Gasteiger partial charge is 0.497 e. The van der Waals surface area contributed by atoms with Crippen LogP contribution in [-0.2, 0) is 0 Å². The molecule has 1 atom stereocenters. The number of benzene rings is 2. The third-order valence-corrected chi connectivity index (χ3v) is 3.09. The molecule has 0 radical (unpaired) electrons. The molecule has 19 heavy (non-hydrogen) atoms. The van der Waals surface area contributed by atoms with E-state index < -0.39 is 0 Å². The second kappa shape index (κ2) is 6.19. The highest BCUT2D eigenvalue weighted by atomic mass is 19.1. The molecule has 98 valence electrons. The summed E-state index contributed by atoms with van der Waals surface area (Å²) in [7, 11) is 1.66. The van der Waals surface area contributed by atoms with E-state index in [1.165, 1.54) is 17.7 Å². The van der Waals surface area contributed by atoms with Crippen molar-refractivity contribution >= 4 is 6.08 Å². The fourth-order valence-corrected chi connectivity index (χ4v) is 1.85. The van der Waals surface area contributed by atoms with Crippen LogP contribution >= 0.6 is 0 Å². The van der Waals surface area contributed by atoms with E-state index in [1.807, 2.05) is 18.2 Å². The van der Waals surface area contributed by atoms with Crippen molar-refractivity contribution in [2.75, 3.05) is 7.11 Å². The Balaban J connectivity index is 2.07. The first-order valence-electron chi connectivity index (χ1n) is 6.27. The molecule has 2 rings (SSSR count). The number of methoxy groups -OCH3 is 1. The summed E-state index contributed by atoms with van der Waals surface area (Å²) in [5.74, 6) is 0.953. The maximum atomic E-state index is 12.8. The van der Waals surface area contributed by atoms with Gasteiger partial charge in [0, 0.05) is 0 Å². The van der Waals surface area contributed by atoms with Crippen molar-refractivity contribution in [2.24, 2.45) is 0 Å². The zero-order valence-corrected chi connectivity index (χ0v) is 11.1. The fourth-order valence-electron chi connectivity index (χ4n) is 1.85. The first-order valence-corrected chi connectivity index (χ1v) is 6.27. The third kappa shape index (κ3) is 3.68. The van der Waals surface area contributed by atoms with Crippen LogP contribution in [0.2, 0.25) is 0 Å². The average molecular weight is 256 g/mol. The van der Waals surface area contributed by atoms with Crippen molar-refractivity contribution < 1.29 is 9.13 Å². The second-order valence-corrected chi connectivity index (χ2v) is 4.47. The topological polar surface area (TPSA) is 9.23 Å². The van der Waals surface area contributed by atoms with Gasteiger partial charge in [-0.15, -0.1) is 0 Å². The molecule has 0 spiro atoms. The van der Waals surface area contributed by atoms with Crippen molar-refractivity contribution in [2.45, 2.75) is 12.8 Å². The highest BCUT2D eigenvalue weighted by Gasteiger charge is 2.01. The Labute approximate surface area is 113 Å². The Kier molecular flexibility index (Phi) is 4.35. The molecule has 0 N–H and O–H groups in total. The molecule has 2 aromatic rings. The monoisotopic (exact) mass is 256 g/mol. The molecule has 1 nitrogen and oxygen atoms in total. The van der Waals surface area contributed by atoms with Gasteiger partial charge in [0.2, 0.25) is 0 Å². The highest BCUT2D eigenvalue weighted by molar-refractivity contribution is 5.50. The Morgan fingerprint density at radius 1 is 1.00 bits per heavy atom. The van der Waals surface area contributed by atoms with Crippen LogP contribution in [0.4, 0.5) is 4.39 Å². The lowest BCUT2D eigenvalue weighted by molar-refractivity contribution is 0.414. The van der Waals surface area contributed by atoms with Gasteiger partial charge < -0.3 is 4.74 Å². The van der Waals surface area contributed by atoms with Crippen molar-refractivity contribution in [1.29, 1.82) is 0 Å². The molecule has 0 saturated heterocycles. The molecule has 0 heterocycles. The van der Waals surface area contributed by atoms with E-state index in [-0.39, 0.29) is 5.82 Å². The Bertz CT molecular complexity index is 540. The van der Waals surface area contributed by atoms with Gasteiger partial charge in [-0.05, 0) is 41.3 Å². The average Bonchev–Trinajstić information content (AvgIpc) is 2.46. The molecule has 0 amide bonds. The molecule has 0 aromatic heterocycles. The normalized spacial score (nSPS) is 12.6. The summed E-state index contributed by atoms with van der Waals surface area (Å²) in [4.78, 5) is 0. The molecule has 2 heteroatoms. The zero-order valence-electron chi connectivity index (χ0n) is 11.1. The van der Waals surface area contributed by atoms with Gasteiger partial charge in [0.1, 0.15) is 11.6 Å². The third-order valence-electron chi connectivity index (χ3n) is 3.09. The SMILES string of the molecule is COc1ccc(C(C)/C=C/c2ccc(F)cc2)cc1. The number of rotatable bonds is 4. The zero-order chi connectivity index (χ0) is 13.7. The predicted octanol–water partition coefficient (Wildman–Crippen LogP) is 4.65. The van der Waals surface area contributed by atoms with Crippen LogP contribution in [0.25, 0.3) is 6.08 Å². The summed E-state index contributed by atoms with van der Waals surface area (Å²) >= 11 is 0. The van der Waals surface area contributed by atoms with Gasteiger partial charge in [-0.3, -0.25) is 0 Å². The number of allylic oxidation sites excluding steroid dienone is 1. The van der Waals surface area contributed by atoms with Crippen LogP contribution in [0.3, 0.4) is 0 Å². The molecule has 0 aliphatic rings. The molecule has 2 aromatic carbocycles. The standard InChI is InChI=1S/C17H17FO/c1-13(15-7-11-17(19-2)12-8-15)3-4-14-5-9-16(18)10-6-14/h3-13H,1-2H3/b4-3+. The number of hydrogen-bond acceptors (Lipinski definition) is 1. The van der Waals surface area contributed by atoms with E-state index in [0.717, 1.165) is 11.3 Å². The van der Waals surface area contributed by atoms with E-state index in [9.17, 15) is 4.39 Å². The predicted molar refractivity (Wildman–Crippen MR) is 76.8 cm³/mol. The molecule has 0 aliphatic heterocycles. The lowest BCUT2D eigenvalue weighted by Gasteiger charge is -2.07. The smallest absolute Gasteiger partial charge is 0.123 e. The van der Waals surface area contributed by atoms with Crippen LogP contribution in [0, 0.1) is 5.82 Å². The molecular weight excluding hydrogens is 239 g/mol. The lowest BCUT2D eigenvalue weighted by atomic mass is 10.00. The van der Waals surface area contributed by atoms with Gasteiger partial charge in [0.25, 0.3) is 0 Å². The Hall–Kier alpha value is -2.09. The van der Waals surface area contributed by atoms with Gasteiger partial charge in [0.15, 0.2) is 0 Å². The van der Waals surface area contributed by atoms with Crippen molar-refractivity contribution in [3.8, 4) is 5.75 Å². The van der Waals surface area contributed by atoms with E-state index >= 15 is 0 Å². The van der Waals surface area contributed by atoms with E-state index in [1.54, 1.807) is 19.2 Å². The maximum absolute atomic E-state index is 12.8. The van der Waals surface area contributed by atoms with Crippen LogP contribution in [0.1, 0.15) is 24.0 Å². The molecule has 0 saturated carbocycles. The number of hydrogen-bond donors (Lipinski definition) is 0. The molecular formula is C17H17FO. The van der Waals surface area contributed by atoms with Gasteiger partial charge in [-0.2, -0.15) is 0 Å². The minimum atomic E-state index is -0.208. The Morgan fingerprint density at radius 2 is 1.63 bits per heavy atom. The van der Waals surface area contributed by atoms with Crippen LogP contribution in [0.5, 0.6) is 5.75 Å². The summed E-state index contributed by atoms with van der Waals surface area (Å²) in [5.41, 5.74) is 2.22. The van der Waals surface area contributed by atoms with Crippen molar-refractivity contribution in [3.63, 3.8) is 0 Å². The van der Waals surface area contributed by atoms with Crippen LogP contribution < -0.4 is 4.74 Å². The van der Waals surface area contributed by atoms with E-state index in [4.69, 9.17) is 4.74 Å².